The van der Waals surface area contributed by atoms with Gasteiger partial charge in [0.05, 0.1) is 31.8 Å². The molecule has 1 aromatic rings. The van der Waals surface area contributed by atoms with Gasteiger partial charge in [-0.2, -0.15) is 0 Å². The third-order valence-corrected chi connectivity index (χ3v) is 6.10. The molecule has 2 fully saturated rings. The van der Waals surface area contributed by atoms with Gasteiger partial charge in [0.1, 0.15) is 5.75 Å². The molecule has 2 aliphatic heterocycles. The number of aliphatic hydroxyl groups is 1. The van der Waals surface area contributed by atoms with E-state index in [2.05, 4.69) is 10.2 Å². The fourth-order valence-electron chi connectivity index (χ4n) is 4.50. The number of carbonyl (C=O) groups is 2. The minimum atomic E-state index is -0.488. The number of nitrogens with one attached hydrogen (secondary N) is 1. The number of methoxy groups -OCH3 is 1. The Morgan fingerprint density at radius 1 is 1.19 bits per heavy atom. The topological polar surface area (TPSA) is 91.3 Å². The Labute approximate surface area is 184 Å². The number of ether oxygens (including phenoxy) is 2. The first-order valence-corrected chi connectivity index (χ1v) is 11.2. The monoisotopic (exact) mass is 433 g/mol. The second kappa shape index (κ2) is 11.5. The zero-order chi connectivity index (χ0) is 22.2. The minimum Gasteiger partial charge on any atom is -0.494 e. The molecule has 2 amide bonds. The first kappa shape index (κ1) is 23.5. The van der Waals surface area contributed by atoms with E-state index in [1.807, 2.05) is 36.1 Å². The molecule has 1 aromatic carbocycles. The molecule has 0 spiro atoms. The van der Waals surface area contributed by atoms with Crippen LogP contribution in [-0.4, -0.2) is 91.4 Å². The molecule has 2 saturated heterocycles. The average Bonchev–Trinajstić information content (AvgIpc) is 3.17. The molecule has 0 unspecified atom stereocenters. The van der Waals surface area contributed by atoms with Crippen molar-refractivity contribution in [3.05, 3.63) is 29.8 Å². The Hall–Kier alpha value is -2.16. The zero-order valence-corrected chi connectivity index (χ0v) is 18.6. The van der Waals surface area contributed by atoms with Gasteiger partial charge < -0.3 is 24.8 Å². The van der Waals surface area contributed by atoms with Gasteiger partial charge in [0.15, 0.2) is 0 Å². The van der Waals surface area contributed by atoms with Gasteiger partial charge in [0, 0.05) is 39.3 Å². The summed E-state index contributed by atoms with van der Waals surface area (Å²) in [4.78, 5) is 29.3. The lowest BCUT2D eigenvalue weighted by Gasteiger charge is -2.39. The number of hydrogen-bond donors (Lipinski definition) is 2. The molecule has 2 atom stereocenters. The van der Waals surface area contributed by atoms with Crippen molar-refractivity contribution >= 4 is 11.8 Å². The fraction of sp³-hybridized carbons (Fsp3) is 0.652. The van der Waals surface area contributed by atoms with Gasteiger partial charge in [-0.25, -0.2) is 0 Å². The lowest BCUT2D eigenvalue weighted by Crippen LogP contribution is -2.52. The maximum absolute atomic E-state index is 12.7. The Kier molecular flexibility index (Phi) is 8.69. The van der Waals surface area contributed by atoms with Crippen molar-refractivity contribution in [2.24, 2.45) is 0 Å². The predicted octanol–water partition coefficient (Wildman–Crippen LogP) is 0.817. The smallest absolute Gasteiger partial charge is 0.237 e. The highest BCUT2D eigenvalue weighted by atomic mass is 16.5. The molecule has 3 rings (SSSR count). The van der Waals surface area contributed by atoms with E-state index >= 15 is 0 Å². The van der Waals surface area contributed by atoms with E-state index in [0.717, 1.165) is 24.2 Å². The van der Waals surface area contributed by atoms with Crippen LogP contribution in [0.1, 0.15) is 31.7 Å². The molecule has 2 aliphatic rings. The molecular formula is C23H35N3O5. The largest absolute Gasteiger partial charge is 0.494 e. The minimum absolute atomic E-state index is 0.0531. The number of β-amino-alcohol motifs (C(OH)–C–C–N with tert-alkyl or cyclic N) is 1. The van der Waals surface area contributed by atoms with Crippen molar-refractivity contribution in [3.63, 3.8) is 0 Å². The van der Waals surface area contributed by atoms with Crippen LogP contribution >= 0.6 is 0 Å². The van der Waals surface area contributed by atoms with Gasteiger partial charge in [-0.05, 0) is 43.9 Å². The molecule has 0 radical (unpaired) electrons. The molecule has 172 valence electrons. The highest BCUT2D eigenvalue weighted by molar-refractivity contribution is 5.82. The highest BCUT2D eigenvalue weighted by Gasteiger charge is 2.40. The van der Waals surface area contributed by atoms with Crippen molar-refractivity contribution in [2.45, 2.75) is 50.8 Å². The lowest BCUT2D eigenvalue weighted by molar-refractivity contribution is -0.133. The summed E-state index contributed by atoms with van der Waals surface area (Å²) in [6.45, 7) is 5.35. The van der Waals surface area contributed by atoms with Gasteiger partial charge >= 0.3 is 0 Å². The molecule has 2 N–H and O–H groups in total. The van der Waals surface area contributed by atoms with Crippen molar-refractivity contribution in [2.75, 3.05) is 46.5 Å². The number of aliphatic hydroxyl groups excluding tert-OH is 1. The van der Waals surface area contributed by atoms with E-state index < -0.39 is 6.10 Å². The second-order valence-corrected chi connectivity index (χ2v) is 8.25. The van der Waals surface area contributed by atoms with Gasteiger partial charge in [0.2, 0.25) is 11.8 Å². The van der Waals surface area contributed by atoms with Crippen LogP contribution in [0.25, 0.3) is 0 Å². The standard InChI is InChI=1S/C23H35N3O5/c1-3-31-20-6-4-17(5-7-20)14-22(28)25-11-8-18(9-12-25)26-16-19(27)15-21(26)23(29)24-10-13-30-2/h4-7,18-19,21,27H,3,8-16H2,1-2H3,(H,24,29)/t19-,21+/m1/s1. The summed E-state index contributed by atoms with van der Waals surface area (Å²) < 4.78 is 10.4. The fourth-order valence-corrected chi connectivity index (χ4v) is 4.50. The number of amides is 2. The molecule has 8 nitrogen and oxygen atoms in total. The van der Waals surface area contributed by atoms with Crippen molar-refractivity contribution in [1.82, 2.24) is 15.1 Å². The molecule has 0 bridgehead atoms. The Balaban J connectivity index is 1.49. The maximum Gasteiger partial charge on any atom is 0.237 e. The van der Waals surface area contributed by atoms with Crippen LogP contribution in [-0.2, 0) is 20.7 Å². The van der Waals surface area contributed by atoms with Crippen LogP contribution in [0.2, 0.25) is 0 Å². The summed E-state index contributed by atoms with van der Waals surface area (Å²) in [6.07, 6.45) is 1.96. The molecule has 0 aromatic heterocycles. The summed E-state index contributed by atoms with van der Waals surface area (Å²) in [6, 6.07) is 7.55. The van der Waals surface area contributed by atoms with E-state index in [1.54, 1.807) is 7.11 Å². The van der Waals surface area contributed by atoms with Crippen molar-refractivity contribution < 1.29 is 24.2 Å². The molecule has 31 heavy (non-hydrogen) atoms. The third kappa shape index (κ3) is 6.41. The number of benzene rings is 1. The highest BCUT2D eigenvalue weighted by Crippen LogP contribution is 2.27. The number of likely N-dealkylation sites (tertiary alicyclic amines) is 2. The number of nitrogens with zero attached hydrogens (tertiary/aromatic N) is 2. The number of piperidine rings is 1. The maximum atomic E-state index is 12.7. The van der Waals surface area contributed by atoms with Crippen molar-refractivity contribution in [1.29, 1.82) is 0 Å². The number of rotatable bonds is 9. The van der Waals surface area contributed by atoms with Gasteiger partial charge in [0.25, 0.3) is 0 Å². The molecular weight excluding hydrogens is 398 g/mol. The van der Waals surface area contributed by atoms with Crippen LogP contribution in [0.4, 0.5) is 0 Å². The SMILES string of the molecule is CCOc1ccc(CC(=O)N2CCC(N3C[C@H](O)C[C@H]3C(=O)NCCOC)CC2)cc1. The van der Waals surface area contributed by atoms with Crippen LogP contribution in [0, 0.1) is 0 Å². The van der Waals surface area contributed by atoms with Gasteiger partial charge in [-0.3, -0.25) is 14.5 Å². The molecule has 0 saturated carbocycles. The second-order valence-electron chi connectivity index (χ2n) is 8.25. The first-order chi connectivity index (χ1) is 15.0. The Bertz CT molecular complexity index is 718. The van der Waals surface area contributed by atoms with E-state index in [9.17, 15) is 14.7 Å². The summed E-state index contributed by atoms with van der Waals surface area (Å²) in [5, 5.41) is 13.0. The molecule has 2 heterocycles. The Morgan fingerprint density at radius 3 is 2.55 bits per heavy atom. The van der Waals surface area contributed by atoms with Crippen LogP contribution in [0.3, 0.4) is 0 Å². The summed E-state index contributed by atoms with van der Waals surface area (Å²) in [7, 11) is 1.60. The van der Waals surface area contributed by atoms with E-state index in [4.69, 9.17) is 9.47 Å². The predicted molar refractivity (Wildman–Crippen MR) is 117 cm³/mol. The summed E-state index contributed by atoms with van der Waals surface area (Å²) in [5.74, 6) is 0.883. The molecule has 0 aliphatic carbocycles. The van der Waals surface area contributed by atoms with E-state index in [-0.39, 0.29) is 23.9 Å². The van der Waals surface area contributed by atoms with E-state index in [1.165, 1.54) is 0 Å². The Morgan fingerprint density at radius 2 is 1.90 bits per heavy atom. The van der Waals surface area contributed by atoms with E-state index in [0.29, 0.717) is 52.2 Å². The quantitative estimate of drug-likeness (QED) is 0.561. The summed E-state index contributed by atoms with van der Waals surface area (Å²) >= 11 is 0. The van der Waals surface area contributed by atoms with Gasteiger partial charge in [-0.1, -0.05) is 12.1 Å². The van der Waals surface area contributed by atoms with Crippen LogP contribution in [0.15, 0.2) is 24.3 Å². The summed E-state index contributed by atoms with van der Waals surface area (Å²) in [5.41, 5.74) is 0.978. The van der Waals surface area contributed by atoms with Gasteiger partial charge in [-0.15, -0.1) is 0 Å². The third-order valence-electron chi connectivity index (χ3n) is 6.10. The number of hydrogen-bond acceptors (Lipinski definition) is 6. The van der Waals surface area contributed by atoms with Crippen molar-refractivity contribution in [3.8, 4) is 5.75 Å². The molecule has 8 heteroatoms. The van der Waals surface area contributed by atoms with Crippen LogP contribution in [0.5, 0.6) is 5.75 Å². The van der Waals surface area contributed by atoms with Crippen LogP contribution < -0.4 is 10.1 Å². The lowest BCUT2D eigenvalue weighted by atomic mass is 10.0. The zero-order valence-electron chi connectivity index (χ0n) is 18.6. The average molecular weight is 434 g/mol. The first-order valence-electron chi connectivity index (χ1n) is 11.2. The number of carbonyl (C=O) groups excluding carboxylic acids is 2. The normalized spacial score (nSPS) is 22.5.